The van der Waals surface area contributed by atoms with E-state index in [4.69, 9.17) is 0 Å². The molecule has 0 bridgehead atoms. The SMILES string of the molecule is CCN1/C(=C(/O)C(=O)OC)C(=O)c2sccc2S1(=O)=O. The van der Waals surface area contributed by atoms with E-state index in [1.54, 1.807) is 0 Å². The summed E-state index contributed by atoms with van der Waals surface area (Å²) in [6.45, 7) is 1.40. The first-order valence-corrected chi connectivity index (χ1v) is 7.84. The van der Waals surface area contributed by atoms with E-state index in [0.29, 0.717) is 4.31 Å². The molecule has 1 aliphatic heterocycles. The van der Waals surface area contributed by atoms with E-state index < -0.39 is 33.2 Å². The molecular formula is C11H11NO6S2. The Morgan fingerprint density at radius 3 is 2.70 bits per heavy atom. The highest BCUT2D eigenvalue weighted by molar-refractivity contribution is 7.89. The van der Waals surface area contributed by atoms with Crippen LogP contribution >= 0.6 is 11.3 Å². The molecule has 1 aromatic heterocycles. The summed E-state index contributed by atoms with van der Waals surface area (Å²) in [7, 11) is -2.94. The first-order chi connectivity index (χ1) is 9.36. The summed E-state index contributed by atoms with van der Waals surface area (Å²) in [5.74, 6) is -2.89. The van der Waals surface area contributed by atoms with E-state index in [9.17, 15) is 23.1 Å². The lowest BCUT2D eigenvalue weighted by Crippen LogP contribution is -2.39. The minimum Gasteiger partial charge on any atom is -0.500 e. The molecule has 0 unspecified atom stereocenters. The van der Waals surface area contributed by atoms with Crippen LogP contribution in [0.5, 0.6) is 0 Å². The standard InChI is InChI=1S/C11H11NO6S2/c1-3-12-7(9(14)11(15)18-2)8(13)10-6(4-5-19-10)20(12,16)17/h4-5,14H,3H2,1-2H3/b9-7+. The van der Waals surface area contributed by atoms with Gasteiger partial charge in [0.05, 0.1) is 12.0 Å². The quantitative estimate of drug-likeness (QED) is 0.494. The van der Waals surface area contributed by atoms with E-state index in [1.165, 1.54) is 18.4 Å². The number of ether oxygens (including phenoxy) is 1. The minimum atomic E-state index is -3.96. The zero-order chi connectivity index (χ0) is 15.1. The summed E-state index contributed by atoms with van der Waals surface area (Å²) in [5.41, 5.74) is -0.575. The van der Waals surface area contributed by atoms with E-state index in [-0.39, 0.29) is 16.3 Å². The van der Waals surface area contributed by atoms with Crippen molar-refractivity contribution in [3.63, 3.8) is 0 Å². The number of aliphatic hydroxyl groups is 1. The molecule has 108 valence electrons. The molecule has 2 heterocycles. The van der Waals surface area contributed by atoms with Gasteiger partial charge in [0, 0.05) is 6.54 Å². The van der Waals surface area contributed by atoms with Crippen molar-refractivity contribution in [2.45, 2.75) is 11.8 Å². The molecule has 7 nitrogen and oxygen atoms in total. The van der Waals surface area contributed by atoms with Crippen LogP contribution in [0.2, 0.25) is 0 Å². The molecule has 1 aromatic rings. The third kappa shape index (κ3) is 1.90. The zero-order valence-corrected chi connectivity index (χ0v) is 12.2. The number of carbonyl (C=O) groups is 2. The molecule has 0 fully saturated rings. The van der Waals surface area contributed by atoms with Gasteiger partial charge in [-0.3, -0.25) is 9.10 Å². The Labute approximate surface area is 119 Å². The van der Waals surface area contributed by atoms with E-state index in [0.717, 1.165) is 18.4 Å². The highest BCUT2D eigenvalue weighted by Crippen LogP contribution is 2.36. The molecule has 0 amide bonds. The molecular weight excluding hydrogens is 306 g/mol. The lowest BCUT2D eigenvalue weighted by Gasteiger charge is -2.28. The van der Waals surface area contributed by atoms with Crippen LogP contribution in [0.3, 0.4) is 0 Å². The number of rotatable bonds is 2. The molecule has 0 aliphatic carbocycles. The summed E-state index contributed by atoms with van der Waals surface area (Å²) in [6, 6.07) is 1.32. The molecule has 0 spiro atoms. The fourth-order valence-electron chi connectivity index (χ4n) is 1.87. The Balaban J connectivity index is 2.78. The number of thiophene rings is 1. The molecule has 0 atom stereocenters. The third-order valence-electron chi connectivity index (χ3n) is 2.76. The van der Waals surface area contributed by atoms with Gasteiger partial charge in [-0.2, -0.15) is 0 Å². The van der Waals surface area contributed by atoms with Crippen LogP contribution in [-0.2, 0) is 19.6 Å². The normalized spacial score (nSPS) is 19.5. The van der Waals surface area contributed by atoms with Gasteiger partial charge in [-0.25, -0.2) is 13.2 Å². The number of esters is 1. The van der Waals surface area contributed by atoms with Crippen LogP contribution in [0.1, 0.15) is 16.6 Å². The Bertz CT molecular complexity index is 715. The number of sulfonamides is 1. The largest absolute Gasteiger partial charge is 0.500 e. The molecule has 0 radical (unpaired) electrons. The molecule has 0 aromatic carbocycles. The van der Waals surface area contributed by atoms with Crippen LogP contribution in [0, 0.1) is 0 Å². The van der Waals surface area contributed by atoms with Crippen LogP contribution in [0.25, 0.3) is 0 Å². The fourth-order valence-corrected chi connectivity index (χ4v) is 4.70. The summed E-state index contributed by atoms with van der Waals surface area (Å²) in [6.07, 6.45) is 0. The Morgan fingerprint density at radius 2 is 2.15 bits per heavy atom. The number of hydrogen-bond acceptors (Lipinski definition) is 7. The van der Waals surface area contributed by atoms with Crippen LogP contribution in [-0.4, -0.2) is 43.2 Å². The third-order valence-corrected chi connectivity index (χ3v) is 5.72. The van der Waals surface area contributed by atoms with E-state index in [2.05, 4.69) is 4.74 Å². The number of methoxy groups -OCH3 is 1. The maximum absolute atomic E-state index is 12.4. The van der Waals surface area contributed by atoms with Gasteiger partial charge in [0.15, 0.2) is 5.70 Å². The predicted octanol–water partition coefficient (Wildman–Crippen LogP) is 0.898. The van der Waals surface area contributed by atoms with Crippen molar-refractivity contribution in [1.29, 1.82) is 0 Å². The molecule has 1 N–H and O–H groups in total. The Morgan fingerprint density at radius 1 is 1.50 bits per heavy atom. The topological polar surface area (TPSA) is 101 Å². The van der Waals surface area contributed by atoms with Crippen molar-refractivity contribution in [1.82, 2.24) is 4.31 Å². The number of aliphatic hydroxyl groups excluding tert-OH is 1. The zero-order valence-electron chi connectivity index (χ0n) is 10.6. The predicted molar refractivity (Wildman–Crippen MR) is 69.9 cm³/mol. The van der Waals surface area contributed by atoms with Gasteiger partial charge in [-0.05, 0) is 18.4 Å². The molecule has 20 heavy (non-hydrogen) atoms. The van der Waals surface area contributed by atoms with Gasteiger partial charge < -0.3 is 9.84 Å². The number of hydrogen-bond donors (Lipinski definition) is 1. The highest BCUT2D eigenvalue weighted by Gasteiger charge is 2.42. The Kier molecular flexibility index (Phi) is 3.57. The van der Waals surface area contributed by atoms with Crippen molar-refractivity contribution in [3.8, 4) is 0 Å². The Hall–Kier alpha value is -1.87. The number of carbonyl (C=O) groups excluding carboxylic acids is 2. The fraction of sp³-hybridized carbons (Fsp3) is 0.273. The second-order valence-corrected chi connectivity index (χ2v) is 6.55. The second-order valence-electron chi connectivity index (χ2n) is 3.80. The maximum Gasteiger partial charge on any atom is 0.375 e. The summed E-state index contributed by atoms with van der Waals surface area (Å²) in [5, 5.41) is 11.3. The van der Waals surface area contributed by atoms with Crippen LogP contribution in [0.15, 0.2) is 27.8 Å². The van der Waals surface area contributed by atoms with E-state index in [1.807, 2.05) is 0 Å². The summed E-state index contributed by atoms with van der Waals surface area (Å²) in [4.78, 5) is 23.5. The van der Waals surface area contributed by atoms with Gasteiger partial charge >= 0.3 is 5.97 Å². The van der Waals surface area contributed by atoms with Gasteiger partial charge in [-0.15, -0.1) is 11.3 Å². The number of allylic oxidation sites excluding steroid dienone is 1. The monoisotopic (exact) mass is 317 g/mol. The average Bonchev–Trinajstić information content (AvgIpc) is 2.91. The first kappa shape index (κ1) is 14.5. The van der Waals surface area contributed by atoms with E-state index >= 15 is 0 Å². The van der Waals surface area contributed by atoms with Gasteiger partial charge in [0.2, 0.25) is 11.5 Å². The van der Waals surface area contributed by atoms with Crippen LogP contribution < -0.4 is 0 Å². The van der Waals surface area contributed by atoms with Crippen molar-refractivity contribution in [3.05, 3.63) is 27.8 Å². The maximum atomic E-state index is 12.4. The molecule has 0 saturated carbocycles. The number of Topliss-reactive ketones (excluding diaryl/α,β-unsaturated/α-hetero) is 1. The van der Waals surface area contributed by atoms with Crippen molar-refractivity contribution in [2.75, 3.05) is 13.7 Å². The molecule has 0 saturated heterocycles. The summed E-state index contributed by atoms with van der Waals surface area (Å²) < 4.78 is 29.7. The average molecular weight is 317 g/mol. The van der Waals surface area contributed by atoms with Gasteiger partial charge in [-0.1, -0.05) is 0 Å². The number of fused-ring (bicyclic) bond motifs is 1. The highest BCUT2D eigenvalue weighted by atomic mass is 32.2. The lowest BCUT2D eigenvalue weighted by molar-refractivity contribution is -0.139. The number of ketones is 1. The number of nitrogens with zero attached hydrogens (tertiary/aromatic N) is 1. The smallest absolute Gasteiger partial charge is 0.375 e. The minimum absolute atomic E-state index is 0.0276. The molecule has 1 aliphatic rings. The van der Waals surface area contributed by atoms with Crippen molar-refractivity contribution >= 4 is 33.1 Å². The van der Waals surface area contributed by atoms with Gasteiger partial charge in [0.25, 0.3) is 10.0 Å². The lowest BCUT2D eigenvalue weighted by atomic mass is 10.2. The van der Waals surface area contributed by atoms with Crippen molar-refractivity contribution in [2.24, 2.45) is 0 Å². The van der Waals surface area contributed by atoms with Gasteiger partial charge in [0.1, 0.15) is 4.90 Å². The first-order valence-electron chi connectivity index (χ1n) is 5.52. The molecule has 9 heteroatoms. The second kappa shape index (κ2) is 4.91. The van der Waals surface area contributed by atoms with Crippen LogP contribution in [0.4, 0.5) is 0 Å². The molecule has 2 rings (SSSR count). The number of likely N-dealkylation sites (N-methyl/N-ethyl adjacent to an activating group) is 1. The summed E-state index contributed by atoms with van der Waals surface area (Å²) >= 11 is 0.936. The van der Waals surface area contributed by atoms with Crippen molar-refractivity contribution < 1.29 is 27.9 Å².